The van der Waals surface area contributed by atoms with E-state index in [9.17, 15) is 16.7 Å². The van der Waals surface area contributed by atoms with Crippen LogP contribution >= 0.6 is 0 Å². The molecule has 2 aromatic rings. The summed E-state index contributed by atoms with van der Waals surface area (Å²) in [5.74, 6) is -0.321. The minimum absolute atomic E-state index is 0.0195. The van der Waals surface area contributed by atoms with E-state index in [0.29, 0.717) is 16.8 Å². The fourth-order valence-electron chi connectivity index (χ4n) is 1.79. The van der Waals surface area contributed by atoms with Gasteiger partial charge >= 0.3 is 119 Å². The average Bonchev–Trinajstić information content (AvgIpc) is 2.40. The summed E-state index contributed by atoms with van der Waals surface area (Å²) in [6, 6.07) is 13.1. The Morgan fingerprint density at radius 3 is 2.35 bits per heavy atom. The third kappa shape index (κ3) is 3.39. The van der Waals surface area contributed by atoms with Crippen molar-refractivity contribution in [2.45, 2.75) is 6.92 Å². The number of benzene rings is 2. The molecule has 6 heteroatoms. The van der Waals surface area contributed by atoms with Gasteiger partial charge in [0.05, 0.1) is 0 Å². The maximum atomic E-state index is 12.0. The van der Waals surface area contributed by atoms with Crippen molar-refractivity contribution in [3.63, 3.8) is 0 Å². The summed E-state index contributed by atoms with van der Waals surface area (Å²) < 4.78 is 30.0. The fraction of sp³-hybridized carbons (Fsp3) is 0.0714. The third-order valence-corrected chi connectivity index (χ3v) is 5.14. The Kier molecular flexibility index (Phi) is 4.14. The first-order valence-corrected chi connectivity index (χ1v) is 9.29. The molecule has 0 heterocycles. The van der Waals surface area contributed by atoms with Crippen LogP contribution in [0.25, 0.3) is 0 Å². The molecule has 0 saturated carbocycles. The van der Waals surface area contributed by atoms with Gasteiger partial charge in [0.2, 0.25) is 0 Å². The van der Waals surface area contributed by atoms with Crippen LogP contribution < -0.4 is 9.67 Å². The van der Waals surface area contributed by atoms with Gasteiger partial charge < -0.3 is 0 Å². The second-order valence-electron chi connectivity index (χ2n) is 4.37. The number of amides is 1. The molecule has 0 unspecified atom stereocenters. The maximum absolute atomic E-state index is 12.0. The minimum atomic E-state index is -4.99. The van der Waals surface area contributed by atoms with Crippen molar-refractivity contribution in [1.29, 1.82) is 0 Å². The van der Waals surface area contributed by atoms with E-state index in [1.54, 1.807) is 49.4 Å². The van der Waals surface area contributed by atoms with Crippen LogP contribution in [-0.2, 0) is 3.74 Å². The van der Waals surface area contributed by atoms with Crippen LogP contribution in [0.15, 0.2) is 48.5 Å². The van der Waals surface area contributed by atoms with Gasteiger partial charge in [-0.05, 0) is 0 Å². The summed E-state index contributed by atoms with van der Waals surface area (Å²) in [6.45, 7) is 1.62. The van der Waals surface area contributed by atoms with Crippen molar-refractivity contribution in [2.24, 2.45) is 0 Å². The molecule has 2 aromatic carbocycles. The summed E-state index contributed by atoms with van der Waals surface area (Å²) in [4.78, 5) is 12.0. The molecule has 0 fully saturated rings. The predicted molar refractivity (Wildman–Crippen MR) is 76.1 cm³/mol. The summed E-state index contributed by atoms with van der Waals surface area (Å²) in [6.07, 6.45) is 0. The van der Waals surface area contributed by atoms with Crippen LogP contribution in [0.5, 0.6) is 0 Å². The number of aryl methyl sites for hydroxylation is 1. The second kappa shape index (κ2) is 5.67. The van der Waals surface area contributed by atoms with Crippen LogP contribution in [0.3, 0.4) is 0 Å². The first kappa shape index (κ1) is 14.6. The Labute approximate surface area is 119 Å². The Balaban J connectivity index is 2.27. The van der Waals surface area contributed by atoms with Gasteiger partial charge in [-0.15, -0.1) is 0 Å². The Hall–Kier alpha value is -1.81. The van der Waals surface area contributed by atoms with Crippen LogP contribution in [0.2, 0.25) is 0 Å². The number of rotatable bonds is 3. The molecule has 0 saturated heterocycles. The predicted octanol–water partition coefficient (Wildman–Crippen LogP) is 0.808. The van der Waals surface area contributed by atoms with E-state index < -0.39 is 14.2 Å². The van der Waals surface area contributed by atoms with Crippen molar-refractivity contribution >= 4 is 30.1 Å². The monoisotopic (exact) mass is 335 g/mol. The number of hydrogen-bond donors (Lipinski definition) is 3. The van der Waals surface area contributed by atoms with Gasteiger partial charge in [0.1, 0.15) is 0 Å². The van der Waals surface area contributed by atoms with E-state index in [4.69, 9.17) is 0 Å². The molecule has 0 atom stereocenters. The molecule has 3 N–H and O–H groups in total. The molecule has 5 nitrogen and oxygen atoms in total. The van der Waals surface area contributed by atoms with Gasteiger partial charge in [-0.2, -0.15) is 0 Å². The van der Waals surface area contributed by atoms with Crippen molar-refractivity contribution < 1.29 is 16.7 Å². The van der Waals surface area contributed by atoms with E-state index in [2.05, 4.69) is 5.32 Å². The molecule has 0 aliphatic rings. The van der Waals surface area contributed by atoms with E-state index >= 15 is 0 Å². The van der Waals surface area contributed by atoms with Gasteiger partial charge in [0.25, 0.3) is 0 Å². The van der Waals surface area contributed by atoms with Crippen LogP contribution in [0.4, 0.5) is 5.69 Å². The van der Waals surface area contributed by atoms with Crippen molar-refractivity contribution in [3.8, 4) is 0 Å². The number of carbonyl (C=O) groups excluding carboxylic acids is 1. The third-order valence-electron chi connectivity index (χ3n) is 2.82. The first-order chi connectivity index (χ1) is 9.38. The molecule has 0 aliphatic heterocycles. The van der Waals surface area contributed by atoms with E-state index in [-0.39, 0.29) is 10.3 Å². The van der Waals surface area contributed by atoms with Crippen molar-refractivity contribution in [3.05, 3.63) is 59.7 Å². The molecule has 0 spiro atoms. The molecule has 0 aliphatic carbocycles. The van der Waals surface area contributed by atoms with Crippen LogP contribution in [0, 0.1) is 6.92 Å². The number of anilines is 1. The summed E-state index contributed by atoms with van der Waals surface area (Å²) in [5, 5.41) is 2.63. The van der Waals surface area contributed by atoms with Gasteiger partial charge in [-0.25, -0.2) is 0 Å². The van der Waals surface area contributed by atoms with E-state index in [1.165, 1.54) is 6.07 Å². The molecular weight excluding hydrogens is 321 g/mol. The van der Waals surface area contributed by atoms with Crippen LogP contribution in [0.1, 0.15) is 15.9 Å². The molecular formula is C14H14AsNO4. The van der Waals surface area contributed by atoms with Crippen molar-refractivity contribution in [1.82, 2.24) is 0 Å². The molecule has 0 bridgehead atoms. The number of hydrogen-bond acceptors (Lipinski definition) is 2. The Bertz CT molecular complexity index is 679. The summed E-state index contributed by atoms with van der Waals surface area (Å²) in [7, 11) is 0. The fourth-order valence-corrected chi connectivity index (χ4v) is 3.56. The standard InChI is InChI=1S/C14H14AsNO4/c1-10-7-8-12(9-13(10)15(18,19)20)16-14(17)11-5-3-2-4-6-11/h2-9H,1H3,(H,16,17)(H2,18,19,20). The SMILES string of the molecule is Cc1ccc(NC(=O)c2ccccc2)cc1[As](=O)(O)O. The Morgan fingerprint density at radius 1 is 1.10 bits per heavy atom. The van der Waals surface area contributed by atoms with Gasteiger partial charge in [-0.3, -0.25) is 0 Å². The van der Waals surface area contributed by atoms with E-state index in [1.807, 2.05) is 0 Å². The van der Waals surface area contributed by atoms with Gasteiger partial charge in [-0.1, -0.05) is 0 Å². The van der Waals surface area contributed by atoms with Crippen molar-refractivity contribution in [2.75, 3.05) is 5.32 Å². The van der Waals surface area contributed by atoms with Gasteiger partial charge in [0, 0.05) is 0 Å². The first-order valence-electron chi connectivity index (χ1n) is 5.91. The Morgan fingerprint density at radius 2 is 1.75 bits per heavy atom. The topological polar surface area (TPSA) is 86.6 Å². The molecule has 0 aromatic heterocycles. The number of carbonyl (C=O) groups is 1. The molecule has 104 valence electrons. The average molecular weight is 335 g/mol. The molecule has 1 amide bonds. The summed E-state index contributed by atoms with van der Waals surface area (Å²) in [5.41, 5.74) is 1.36. The zero-order chi connectivity index (χ0) is 14.8. The number of nitrogens with one attached hydrogen (secondary N) is 1. The second-order valence-corrected chi connectivity index (χ2v) is 7.66. The molecule has 20 heavy (non-hydrogen) atoms. The zero-order valence-corrected chi connectivity index (χ0v) is 12.7. The molecule has 0 radical (unpaired) electrons. The summed E-state index contributed by atoms with van der Waals surface area (Å²) >= 11 is -4.99. The van der Waals surface area contributed by atoms with Gasteiger partial charge in [0.15, 0.2) is 0 Å². The van der Waals surface area contributed by atoms with E-state index in [0.717, 1.165) is 0 Å². The van der Waals surface area contributed by atoms with Crippen LogP contribution in [-0.4, -0.2) is 28.3 Å². The quantitative estimate of drug-likeness (QED) is 0.725. The zero-order valence-electron chi connectivity index (χ0n) is 10.8. The molecule has 2 rings (SSSR count). The normalized spacial score (nSPS) is 11.2.